The first-order valence-corrected chi connectivity index (χ1v) is 5.42. The number of nitrogens with zero attached hydrogens (tertiary/aromatic N) is 1. The van der Waals surface area contributed by atoms with Crippen molar-refractivity contribution in [3.63, 3.8) is 0 Å². The van der Waals surface area contributed by atoms with Gasteiger partial charge in [0, 0.05) is 18.1 Å². The van der Waals surface area contributed by atoms with Crippen LogP contribution in [0.15, 0.2) is 35.9 Å². The van der Waals surface area contributed by atoms with Crippen molar-refractivity contribution in [1.82, 2.24) is 5.16 Å². The lowest BCUT2D eigenvalue weighted by molar-refractivity contribution is 0.460. The quantitative estimate of drug-likeness (QED) is 0.753. The summed E-state index contributed by atoms with van der Waals surface area (Å²) >= 11 is 5.76. The van der Waals surface area contributed by atoms with Crippen LogP contribution in [-0.4, -0.2) is 12.2 Å². The highest BCUT2D eigenvalue weighted by Gasteiger charge is 2.05. The molecule has 0 saturated heterocycles. The van der Waals surface area contributed by atoms with Gasteiger partial charge in [-0.05, 0) is 12.1 Å². The third-order valence-electron chi connectivity index (χ3n) is 1.67. The number of rotatable bonds is 1. The number of benzene rings is 1. The second-order valence-electron chi connectivity index (χ2n) is 2.42. The maximum Gasteiger partial charge on any atom is 0.177 e. The standard InChI is InChI=1S/C8H7ClN2O.C2H6.C2H4/c1-10-8-6-3-2-5(9)4-7(6)12-11-8;2*1-2/h2-4H,1H3,(H,10,11);1-2H3;1-2H2. The molecule has 0 saturated carbocycles. The van der Waals surface area contributed by atoms with E-state index in [9.17, 15) is 0 Å². The Kier molecular flexibility index (Phi) is 7.05. The summed E-state index contributed by atoms with van der Waals surface area (Å²) in [5.74, 6) is 0.738. The molecule has 2 aromatic rings. The SMILES string of the molecule is C=C.CC.CNc1noc2cc(Cl)ccc12. The van der Waals surface area contributed by atoms with E-state index in [2.05, 4.69) is 23.6 Å². The predicted molar refractivity (Wildman–Crippen MR) is 71.2 cm³/mol. The summed E-state index contributed by atoms with van der Waals surface area (Å²) in [6, 6.07) is 5.42. The van der Waals surface area contributed by atoms with Crippen LogP contribution in [0.5, 0.6) is 0 Å². The van der Waals surface area contributed by atoms with E-state index in [0.29, 0.717) is 10.6 Å². The number of halogens is 1. The van der Waals surface area contributed by atoms with E-state index < -0.39 is 0 Å². The van der Waals surface area contributed by atoms with E-state index in [1.54, 1.807) is 13.1 Å². The molecule has 0 atom stereocenters. The molecule has 1 N–H and O–H groups in total. The van der Waals surface area contributed by atoms with Crippen LogP contribution >= 0.6 is 11.6 Å². The number of hydrogen-bond donors (Lipinski definition) is 1. The Bertz CT molecular complexity index is 426. The third-order valence-corrected chi connectivity index (χ3v) is 1.91. The van der Waals surface area contributed by atoms with Crippen LogP contribution in [0.2, 0.25) is 5.02 Å². The largest absolute Gasteiger partial charge is 0.370 e. The van der Waals surface area contributed by atoms with Crippen molar-refractivity contribution in [2.75, 3.05) is 12.4 Å². The van der Waals surface area contributed by atoms with Crippen LogP contribution in [0.25, 0.3) is 11.0 Å². The predicted octanol–water partition coefficient (Wildman–Crippen LogP) is 4.35. The molecule has 88 valence electrons. The van der Waals surface area contributed by atoms with Crippen molar-refractivity contribution in [1.29, 1.82) is 0 Å². The number of nitrogens with one attached hydrogen (secondary N) is 1. The highest BCUT2D eigenvalue weighted by atomic mass is 35.5. The Hall–Kier alpha value is -1.48. The topological polar surface area (TPSA) is 38.1 Å². The van der Waals surface area contributed by atoms with Gasteiger partial charge in [0.25, 0.3) is 0 Å². The van der Waals surface area contributed by atoms with E-state index in [4.69, 9.17) is 16.1 Å². The van der Waals surface area contributed by atoms with Gasteiger partial charge >= 0.3 is 0 Å². The Labute approximate surface area is 101 Å². The number of anilines is 1. The van der Waals surface area contributed by atoms with Crippen molar-refractivity contribution >= 4 is 28.4 Å². The van der Waals surface area contributed by atoms with E-state index in [0.717, 1.165) is 11.2 Å². The second-order valence-corrected chi connectivity index (χ2v) is 2.86. The number of aromatic nitrogens is 1. The Morgan fingerprint density at radius 2 is 1.94 bits per heavy atom. The molecule has 0 unspecified atom stereocenters. The molecule has 4 heteroatoms. The van der Waals surface area contributed by atoms with Crippen molar-refractivity contribution in [3.05, 3.63) is 36.4 Å². The van der Waals surface area contributed by atoms with Gasteiger partial charge in [0.2, 0.25) is 0 Å². The summed E-state index contributed by atoms with van der Waals surface area (Å²) in [6.07, 6.45) is 0. The first-order valence-electron chi connectivity index (χ1n) is 5.04. The Morgan fingerprint density at radius 1 is 1.31 bits per heavy atom. The Balaban J connectivity index is 0.000000509. The molecule has 0 aliphatic heterocycles. The van der Waals surface area contributed by atoms with Gasteiger partial charge in [0.15, 0.2) is 11.4 Å². The zero-order valence-electron chi connectivity index (χ0n) is 9.88. The molecule has 0 radical (unpaired) electrons. The molecule has 0 aliphatic carbocycles. The molecule has 1 aromatic heterocycles. The minimum absolute atomic E-state index is 0.654. The van der Waals surface area contributed by atoms with Crippen molar-refractivity contribution < 1.29 is 4.52 Å². The summed E-state index contributed by atoms with van der Waals surface area (Å²) in [4.78, 5) is 0. The molecule has 1 heterocycles. The average molecular weight is 241 g/mol. The van der Waals surface area contributed by atoms with E-state index in [1.165, 1.54) is 0 Å². The zero-order chi connectivity index (χ0) is 12.6. The van der Waals surface area contributed by atoms with Crippen LogP contribution in [0.3, 0.4) is 0 Å². The van der Waals surface area contributed by atoms with Crippen molar-refractivity contribution in [3.8, 4) is 0 Å². The summed E-state index contributed by atoms with van der Waals surface area (Å²) in [5.41, 5.74) is 0.701. The smallest absolute Gasteiger partial charge is 0.177 e. The summed E-state index contributed by atoms with van der Waals surface area (Å²) in [6.45, 7) is 10.0. The fourth-order valence-electron chi connectivity index (χ4n) is 1.09. The van der Waals surface area contributed by atoms with E-state index in [1.807, 2.05) is 26.0 Å². The highest BCUT2D eigenvalue weighted by Crippen LogP contribution is 2.24. The van der Waals surface area contributed by atoms with Gasteiger partial charge in [0.1, 0.15) is 0 Å². The number of hydrogen-bond acceptors (Lipinski definition) is 3. The average Bonchev–Trinajstić information content (AvgIpc) is 2.76. The fraction of sp³-hybridized carbons (Fsp3) is 0.250. The summed E-state index contributed by atoms with van der Waals surface area (Å²) in [5, 5.41) is 8.33. The molecule has 16 heavy (non-hydrogen) atoms. The van der Waals surface area contributed by atoms with Crippen molar-refractivity contribution in [2.24, 2.45) is 0 Å². The highest BCUT2D eigenvalue weighted by molar-refractivity contribution is 6.31. The molecule has 0 aliphatic rings. The minimum Gasteiger partial charge on any atom is -0.370 e. The van der Waals surface area contributed by atoms with Crippen LogP contribution in [-0.2, 0) is 0 Å². The van der Waals surface area contributed by atoms with Crippen LogP contribution in [0.4, 0.5) is 5.82 Å². The molecule has 3 nitrogen and oxygen atoms in total. The van der Waals surface area contributed by atoms with Gasteiger partial charge in [-0.15, -0.1) is 13.2 Å². The van der Waals surface area contributed by atoms with Gasteiger partial charge in [-0.2, -0.15) is 0 Å². The Morgan fingerprint density at radius 3 is 2.50 bits per heavy atom. The summed E-state index contributed by atoms with van der Waals surface area (Å²) < 4.78 is 5.02. The van der Waals surface area contributed by atoms with E-state index in [-0.39, 0.29) is 0 Å². The lowest BCUT2D eigenvalue weighted by Gasteiger charge is -1.91. The van der Waals surface area contributed by atoms with Gasteiger partial charge in [-0.3, -0.25) is 0 Å². The maximum atomic E-state index is 5.76. The normalized spacial score (nSPS) is 8.50. The lowest BCUT2D eigenvalue weighted by atomic mass is 10.2. The van der Waals surface area contributed by atoms with E-state index >= 15 is 0 Å². The lowest BCUT2D eigenvalue weighted by Crippen LogP contribution is -1.86. The number of fused-ring (bicyclic) bond motifs is 1. The van der Waals surface area contributed by atoms with Gasteiger partial charge < -0.3 is 9.84 Å². The zero-order valence-corrected chi connectivity index (χ0v) is 10.6. The van der Waals surface area contributed by atoms with Crippen LogP contribution < -0.4 is 5.32 Å². The van der Waals surface area contributed by atoms with Gasteiger partial charge in [-0.1, -0.05) is 30.6 Å². The molecule has 0 fully saturated rings. The second kappa shape index (κ2) is 7.77. The first kappa shape index (κ1) is 14.5. The van der Waals surface area contributed by atoms with Gasteiger partial charge in [-0.25, -0.2) is 0 Å². The molecule has 0 amide bonds. The molecule has 2 rings (SSSR count). The van der Waals surface area contributed by atoms with Crippen LogP contribution in [0, 0.1) is 0 Å². The third kappa shape index (κ3) is 3.28. The molecular formula is C12H17ClN2O. The first-order chi connectivity index (χ1) is 7.81. The molecule has 0 spiro atoms. The van der Waals surface area contributed by atoms with Crippen LogP contribution in [0.1, 0.15) is 13.8 Å². The van der Waals surface area contributed by atoms with Crippen molar-refractivity contribution in [2.45, 2.75) is 13.8 Å². The summed E-state index contributed by atoms with van der Waals surface area (Å²) in [7, 11) is 1.80. The molecule has 1 aromatic carbocycles. The molecule has 0 bridgehead atoms. The monoisotopic (exact) mass is 240 g/mol. The fourth-order valence-corrected chi connectivity index (χ4v) is 1.25. The maximum absolute atomic E-state index is 5.76. The molecular weight excluding hydrogens is 224 g/mol. The minimum atomic E-state index is 0.654. The van der Waals surface area contributed by atoms with Gasteiger partial charge in [0.05, 0.1) is 5.39 Å².